The van der Waals surface area contributed by atoms with Crippen molar-refractivity contribution in [1.29, 1.82) is 5.41 Å². The zero-order valence-electron chi connectivity index (χ0n) is 8.12. The van der Waals surface area contributed by atoms with Gasteiger partial charge >= 0.3 is 0 Å². The van der Waals surface area contributed by atoms with E-state index in [1.165, 1.54) is 12.2 Å². The second-order valence-corrected chi connectivity index (χ2v) is 3.03. The van der Waals surface area contributed by atoms with E-state index in [0.717, 1.165) is 5.56 Å². The molecule has 2 nitrogen and oxygen atoms in total. The van der Waals surface area contributed by atoms with Gasteiger partial charge in [0.05, 0.1) is 0 Å². The van der Waals surface area contributed by atoms with Crippen LogP contribution in [0, 0.1) is 12.3 Å². The van der Waals surface area contributed by atoms with Crippen LogP contribution in [-0.4, -0.2) is 10.8 Å². The molecule has 0 saturated heterocycles. The Bertz CT molecular complexity index is 391. The van der Waals surface area contributed by atoms with Crippen LogP contribution in [0.4, 0.5) is 0 Å². The van der Waals surface area contributed by atoms with Crippen LogP contribution in [0.2, 0.25) is 0 Å². The Morgan fingerprint density at radius 2 is 2.21 bits per heavy atom. The molecule has 14 heavy (non-hydrogen) atoms. The average molecular weight is 187 g/mol. The van der Waals surface area contributed by atoms with Crippen LogP contribution in [-0.2, 0) is 0 Å². The number of aliphatic hydroxyl groups excluding tert-OH is 1. The standard InChI is InChI=1S/C12H13NO/c1-3-5-11(14)12(13)10-7-4-6-9(2)8-10/h3-8,13-14H,1H2,2H3/b11-5-,13-12?. The lowest BCUT2D eigenvalue weighted by Gasteiger charge is -2.03. The molecule has 2 heteroatoms. The fourth-order valence-corrected chi connectivity index (χ4v) is 1.14. The van der Waals surface area contributed by atoms with Gasteiger partial charge in [-0.3, -0.25) is 5.41 Å². The Hall–Kier alpha value is -1.83. The summed E-state index contributed by atoms with van der Waals surface area (Å²) in [6, 6.07) is 7.46. The van der Waals surface area contributed by atoms with Gasteiger partial charge < -0.3 is 5.11 Å². The van der Waals surface area contributed by atoms with Gasteiger partial charge in [-0.2, -0.15) is 0 Å². The average Bonchev–Trinajstić information content (AvgIpc) is 2.17. The van der Waals surface area contributed by atoms with Gasteiger partial charge in [0.15, 0.2) is 0 Å². The highest BCUT2D eigenvalue weighted by atomic mass is 16.3. The van der Waals surface area contributed by atoms with E-state index < -0.39 is 0 Å². The zero-order chi connectivity index (χ0) is 10.6. The molecule has 0 heterocycles. The van der Waals surface area contributed by atoms with Gasteiger partial charge in [0.2, 0.25) is 0 Å². The maximum absolute atomic E-state index is 9.43. The molecule has 0 radical (unpaired) electrons. The van der Waals surface area contributed by atoms with Crippen molar-refractivity contribution >= 4 is 5.71 Å². The third kappa shape index (κ3) is 2.33. The van der Waals surface area contributed by atoms with Crippen LogP contribution in [0.15, 0.2) is 48.8 Å². The summed E-state index contributed by atoms with van der Waals surface area (Å²) in [5.41, 5.74) is 1.90. The zero-order valence-corrected chi connectivity index (χ0v) is 8.12. The van der Waals surface area contributed by atoms with E-state index in [0.29, 0.717) is 5.56 Å². The van der Waals surface area contributed by atoms with E-state index in [1.54, 1.807) is 6.07 Å². The monoisotopic (exact) mass is 187 g/mol. The molecule has 0 amide bonds. The quantitative estimate of drug-likeness (QED) is 0.426. The minimum atomic E-state index is -0.0643. The van der Waals surface area contributed by atoms with Gasteiger partial charge in [-0.15, -0.1) is 0 Å². The number of aliphatic hydroxyl groups is 1. The third-order valence-electron chi connectivity index (χ3n) is 1.84. The molecule has 0 atom stereocenters. The molecule has 72 valence electrons. The molecule has 0 saturated carbocycles. The van der Waals surface area contributed by atoms with Crippen molar-refractivity contribution in [2.24, 2.45) is 0 Å². The van der Waals surface area contributed by atoms with E-state index in [-0.39, 0.29) is 11.5 Å². The largest absolute Gasteiger partial charge is 0.506 e. The molecule has 2 N–H and O–H groups in total. The van der Waals surface area contributed by atoms with Gasteiger partial charge in [-0.05, 0) is 19.1 Å². The summed E-state index contributed by atoms with van der Waals surface area (Å²) < 4.78 is 0. The number of benzene rings is 1. The van der Waals surface area contributed by atoms with Crippen molar-refractivity contribution in [3.8, 4) is 0 Å². The number of allylic oxidation sites excluding steroid dienone is 3. The molecular formula is C12H13NO. The first kappa shape index (κ1) is 10.3. The van der Waals surface area contributed by atoms with Crippen molar-refractivity contribution in [2.75, 3.05) is 0 Å². The van der Waals surface area contributed by atoms with E-state index in [9.17, 15) is 5.11 Å². The molecule has 0 aliphatic heterocycles. The fraction of sp³-hybridized carbons (Fsp3) is 0.0833. The van der Waals surface area contributed by atoms with Gasteiger partial charge in [0, 0.05) is 5.56 Å². The second kappa shape index (κ2) is 4.42. The van der Waals surface area contributed by atoms with Crippen LogP contribution >= 0.6 is 0 Å². The summed E-state index contributed by atoms with van der Waals surface area (Å²) >= 11 is 0. The van der Waals surface area contributed by atoms with E-state index >= 15 is 0 Å². The van der Waals surface area contributed by atoms with Crippen molar-refractivity contribution in [3.63, 3.8) is 0 Å². The SMILES string of the molecule is C=C/C=C(\O)C(=N)c1cccc(C)c1. The van der Waals surface area contributed by atoms with Crippen molar-refractivity contribution in [2.45, 2.75) is 6.92 Å². The Morgan fingerprint density at radius 1 is 1.50 bits per heavy atom. The van der Waals surface area contributed by atoms with Gasteiger partial charge in [0.25, 0.3) is 0 Å². The molecule has 0 unspecified atom stereocenters. The van der Waals surface area contributed by atoms with Crippen LogP contribution in [0.25, 0.3) is 0 Å². The summed E-state index contributed by atoms with van der Waals surface area (Å²) in [5.74, 6) is -0.0643. The summed E-state index contributed by atoms with van der Waals surface area (Å²) in [4.78, 5) is 0. The van der Waals surface area contributed by atoms with Gasteiger partial charge in [-0.25, -0.2) is 0 Å². The Balaban J connectivity index is 3.01. The molecule has 0 bridgehead atoms. The molecule has 1 rings (SSSR count). The first-order valence-electron chi connectivity index (χ1n) is 4.33. The molecule has 0 spiro atoms. The van der Waals surface area contributed by atoms with Crippen molar-refractivity contribution in [3.05, 3.63) is 59.9 Å². The minimum absolute atomic E-state index is 0.0643. The summed E-state index contributed by atoms with van der Waals surface area (Å²) in [6.45, 7) is 5.41. The molecule has 1 aromatic carbocycles. The number of hydrogen-bond acceptors (Lipinski definition) is 2. The van der Waals surface area contributed by atoms with Crippen LogP contribution in [0.1, 0.15) is 11.1 Å². The topological polar surface area (TPSA) is 44.1 Å². The smallest absolute Gasteiger partial charge is 0.141 e. The second-order valence-electron chi connectivity index (χ2n) is 3.03. The maximum atomic E-state index is 9.43. The lowest BCUT2D eigenvalue weighted by molar-refractivity contribution is 0.443. The summed E-state index contributed by atoms with van der Waals surface area (Å²) in [5, 5.41) is 17.1. The predicted molar refractivity (Wildman–Crippen MR) is 58.9 cm³/mol. The molecule has 0 aliphatic rings. The van der Waals surface area contributed by atoms with Crippen molar-refractivity contribution < 1.29 is 5.11 Å². The lowest BCUT2D eigenvalue weighted by Crippen LogP contribution is -2.02. The third-order valence-corrected chi connectivity index (χ3v) is 1.84. The summed E-state index contributed by atoms with van der Waals surface area (Å²) in [7, 11) is 0. The molecule has 1 aromatic rings. The van der Waals surface area contributed by atoms with E-state index in [2.05, 4.69) is 6.58 Å². The normalized spacial score (nSPS) is 11.1. The van der Waals surface area contributed by atoms with Gasteiger partial charge in [0.1, 0.15) is 11.5 Å². The molecule has 0 fully saturated rings. The number of aryl methyl sites for hydroxylation is 1. The first-order valence-corrected chi connectivity index (χ1v) is 4.33. The number of rotatable bonds is 3. The highest BCUT2D eigenvalue weighted by Crippen LogP contribution is 2.08. The van der Waals surface area contributed by atoms with Crippen LogP contribution < -0.4 is 0 Å². The van der Waals surface area contributed by atoms with E-state index in [4.69, 9.17) is 5.41 Å². The van der Waals surface area contributed by atoms with Crippen molar-refractivity contribution in [1.82, 2.24) is 0 Å². The molecular weight excluding hydrogens is 174 g/mol. The Kier molecular flexibility index (Phi) is 3.24. The fourth-order valence-electron chi connectivity index (χ4n) is 1.14. The van der Waals surface area contributed by atoms with E-state index in [1.807, 2.05) is 25.1 Å². The highest BCUT2D eigenvalue weighted by Gasteiger charge is 2.04. The Labute approximate surface area is 83.7 Å². The first-order chi connectivity index (χ1) is 6.65. The molecule has 0 aliphatic carbocycles. The van der Waals surface area contributed by atoms with Gasteiger partial charge in [-0.1, -0.05) is 36.4 Å². The minimum Gasteiger partial charge on any atom is -0.506 e. The molecule has 0 aromatic heterocycles. The predicted octanol–water partition coefficient (Wildman–Crippen LogP) is 2.99. The highest BCUT2D eigenvalue weighted by molar-refractivity contribution is 6.09. The van der Waals surface area contributed by atoms with Crippen LogP contribution in [0.3, 0.4) is 0 Å². The maximum Gasteiger partial charge on any atom is 0.141 e. The number of hydrogen-bond donors (Lipinski definition) is 2. The summed E-state index contributed by atoms with van der Waals surface area (Å²) in [6.07, 6.45) is 2.87. The lowest BCUT2D eigenvalue weighted by atomic mass is 10.1. The Morgan fingerprint density at radius 3 is 2.79 bits per heavy atom. The van der Waals surface area contributed by atoms with Crippen LogP contribution in [0.5, 0.6) is 0 Å². The number of nitrogens with one attached hydrogen (secondary N) is 1.